The number of fused-ring (bicyclic) bond motifs is 1. The van der Waals surface area contributed by atoms with Crippen LogP contribution in [0.5, 0.6) is 5.75 Å². The third-order valence-corrected chi connectivity index (χ3v) is 5.08. The number of nitrogens with zero attached hydrogens (tertiary/aromatic N) is 1. The summed E-state index contributed by atoms with van der Waals surface area (Å²) < 4.78 is 10.9. The van der Waals surface area contributed by atoms with Crippen LogP contribution in [0.15, 0.2) is 36.5 Å². The Labute approximate surface area is 175 Å². The molecule has 150 valence electrons. The molecule has 0 radical (unpaired) electrons. The maximum atomic E-state index is 12.7. The van der Waals surface area contributed by atoms with Gasteiger partial charge in [-0.1, -0.05) is 0 Å². The fourth-order valence-corrected chi connectivity index (χ4v) is 3.62. The van der Waals surface area contributed by atoms with Gasteiger partial charge in [-0.05, 0) is 43.4 Å². The summed E-state index contributed by atoms with van der Waals surface area (Å²) in [5, 5.41) is 3.31. The minimum Gasteiger partial charge on any atom is -0.486 e. The van der Waals surface area contributed by atoms with Crippen molar-refractivity contribution < 1.29 is 19.1 Å². The van der Waals surface area contributed by atoms with Gasteiger partial charge < -0.3 is 14.8 Å². The van der Waals surface area contributed by atoms with Crippen LogP contribution in [0.4, 0.5) is 0 Å². The van der Waals surface area contributed by atoms with Gasteiger partial charge in [0.1, 0.15) is 11.4 Å². The van der Waals surface area contributed by atoms with Crippen molar-refractivity contribution >= 4 is 36.6 Å². The van der Waals surface area contributed by atoms with E-state index in [2.05, 4.69) is 15.0 Å². The number of aromatic nitrogens is 1. The Morgan fingerprint density at radius 1 is 1.18 bits per heavy atom. The number of pyridine rings is 1. The predicted molar refractivity (Wildman–Crippen MR) is 110 cm³/mol. The van der Waals surface area contributed by atoms with Crippen molar-refractivity contribution in [3.8, 4) is 17.0 Å². The average molecular weight is 425 g/mol. The van der Waals surface area contributed by atoms with E-state index in [1.165, 1.54) is 13.3 Å². The number of carbonyl (C=O) groups is 2. The second-order valence-electron chi connectivity index (χ2n) is 6.77. The van der Waals surface area contributed by atoms with Crippen molar-refractivity contribution in [3.05, 3.63) is 47.7 Å². The van der Waals surface area contributed by atoms with E-state index in [1.54, 1.807) is 12.1 Å². The summed E-state index contributed by atoms with van der Waals surface area (Å²) >= 11 is 0. The summed E-state index contributed by atoms with van der Waals surface area (Å²) in [6, 6.07) is 8.98. The molecule has 2 aliphatic heterocycles. The minimum absolute atomic E-state index is 0. The average Bonchev–Trinajstić information content (AvgIpc) is 2.68. The van der Waals surface area contributed by atoms with Gasteiger partial charge >= 0.3 is 5.97 Å². The number of esters is 1. The Morgan fingerprint density at radius 3 is 2.57 bits per heavy atom. The maximum absolute atomic E-state index is 12.7. The molecular weight excluding hydrogens is 403 g/mol. The molecule has 3 heterocycles. The highest BCUT2D eigenvalue weighted by Gasteiger charge is 2.41. The fourth-order valence-electron chi connectivity index (χ4n) is 3.62. The lowest BCUT2D eigenvalue weighted by Gasteiger charge is -2.40. The SMILES string of the molecule is COC(=O)c1ccc(-c2ccc3c(c2)C(=O)CC2(CCNCC2)O3)nc1.Cl.Cl. The first-order chi connectivity index (χ1) is 12.6. The number of ketones is 1. The largest absolute Gasteiger partial charge is 0.486 e. The topological polar surface area (TPSA) is 77.5 Å². The number of methoxy groups -OCH3 is 1. The molecule has 28 heavy (non-hydrogen) atoms. The number of benzene rings is 1. The zero-order valence-corrected chi connectivity index (χ0v) is 17.0. The van der Waals surface area contributed by atoms with E-state index in [0.717, 1.165) is 31.5 Å². The van der Waals surface area contributed by atoms with E-state index in [-0.39, 0.29) is 36.2 Å². The zero-order chi connectivity index (χ0) is 18.1. The van der Waals surface area contributed by atoms with Crippen molar-refractivity contribution in [2.75, 3.05) is 20.2 Å². The van der Waals surface area contributed by atoms with Crippen LogP contribution in [0.25, 0.3) is 11.3 Å². The van der Waals surface area contributed by atoms with Crippen molar-refractivity contribution in [2.45, 2.75) is 24.9 Å². The van der Waals surface area contributed by atoms with E-state index < -0.39 is 5.97 Å². The summed E-state index contributed by atoms with van der Waals surface area (Å²) in [6.07, 6.45) is 3.58. The molecule has 2 aromatic rings. The van der Waals surface area contributed by atoms with Gasteiger partial charge in [0, 0.05) is 24.6 Å². The molecule has 1 fully saturated rings. The highest BCUT2D eigenvalue weighted by atomic mass is 35.5. The third kappa shape index (κ3) is 4.14. The Morgan fingerprint density at radius 2 is 1.93 bits per heavy atom. The second-order valence-corrected chi connectivity index (χ2v) is 6.77. The van der Waals surface area contributed by atoms with Gasteiger partial charge in [0.2, 0.25) is 0 Å². The number of Topliss-reactive ketones (excluding diaryl/α,β-unsaturated/α-hetero) is 1. The fraction of sp³-hybridized carbons (Fsp3) is 0.350. The van der Waals surface area contributed by atoms with Crippen molar-refractivity contribution in [2.24, 2.45) is 0 Å². The van der Waals surface area contributed by atoms with Crippen LogP contribution < -0.4 is 10.1 Å². The van der Waals surface area contributed by atoms with E-state index in [4.69, 9.17) is 4.74 Å². The van der Waals surface area contributed by atoms with Crippen LogP contribution in [0.3, 0.4) is 0 Å². The van der Waals surface area contributed by atoms with E-state index in [1.807, 2.05) is 18.2 Å². The Balaban J connectivity index is 0.00000140. The van der Waals surface area contributed by atoms with Crippen LogP contribution in [-0.2, 0) is 4.74 Å². The first-order valence-electron chi connectivity index (χ1n) is 8.72. The summed E-state index contributed by atoms with van der Waals surface area (Å²) in [4.78, 5) is 28.6. The summed E-state index contributed by atoms with van der Waals surface area (Å²) in [6.45, 7) is 1.74. The van der Waals surface area contributed by atoms with Crippen molar-refractivity contribution in [1.82, 2.24) is 10.3 Å². The van der Waals surface area contributed by atoms with Gasteiger partial charge in [0.15, 0.2) is 5.78 Å². The van der Waals surface area contributed by atoms with Crippen molar-refractivity contribution in [3.63, 3.8) is 0 Å². The Hall–Kier alpha value is -2.15. The number of halogens is 2. The third-order valence-electron chi connectivity index (χ3n) is 5.08. The molecule has 1 saturated heterocycles. The zero-order valence-electron chi connectivity index (χ0n) is 15.4. The van der Waals surface area contributed by atoms with Gasteiger partial charge in [0.25, 0.3) is 0 Å². The molecule has 1 N–H and O–H groups in total. The number of hydrogen-bond donors (Lipinski definition) is 1. The molecule has 6 nitrogen and oxygen atoms in total. The molecule has 0 atom stereocenters. The number of nitrogens with one attached hydrogen (secondary N) is 1. The smallest absolute Gasteiger partial charge is 0.339 e. The number of ether oxygens (including phenoxy) is 2. The molecule has 2 aliphatic rings. The molecule has 8 heteroatoms. The van der Waals surface area contributed by atoms with Gasteiger partial charge in [-0.25, -0.2) is 4.79 Å². The van der Waals surface area contributed by atoms with Crippen LogP contribution in [0.2, 0.25) is 0 Å². The number of piperidine rings is 1. The van der Waals surface area contributed by atoms with Gasteiger partial charge in [-0.3, -0.25) is 9.78 Å². The predicted octanol–water partition coefficient (Wildman–Crippen LogP) is 3.47. The lowest BCUT2D eigenvalue weighted by molar-refractivity contribution is 0.0187. The number of rotatable bonds is 2. The molecule has 1 spiro atoms. The molecule has 0 bridgehead atoms. The molecule has 1 aromatic carbocycles. The number of carbonyl (C=O) groups excluding carboxylic acids is 2. The summed E-state index contributed by atoms with van der Waals surface area (Å²) in [7, 11) is 1.33. The lowest BCUT2D eigenvalue weighted by atomic mass is 9.82. The molecule has 4 rings (SSSR count). The highest BCUT2D eigenvalue weighted by molar-refractivity contribution is 6.01. The second kappa shape index (κ2) is 8.90. The van der Waals surface area contributed by atoms with E-state index >= 15 is 0 Å². The standard InChI is InChI=1S/C20H20N2O4.2ClH/c1-25-19(24)14-2-4-16(22-12-14)13-3-5-18-15(10-13)17(23)11-20(26-18)6-8-21-9-7-20;;/h2-5,10,12,21H,6-9,11H2,1H3;2*1H. The van der Waals surface area contributed by atoms with Gasteiger partial charge in [0.05, 0.1) is 30.4 Å². The van der Waals surface area contributed by atoms with Gasteiger partial charge in [-0.15, -0.1) is 24.8 Å². The van der Waals surface area contributed by atoms with Crippen LogP contribution in [-0.4, -0.2) is 42.5 Å². The molecule has 0 amide bonds. The summed E-state index contributed by atoms with van der Waals surface area (Å²) in [5.74, 6) is 0.338. The van der Waals surface area contributed by atoms with Gasteiger partial charge in [-0.2, -0.15) is 0 Å². The van der Waals surface area contributed by atoms with Crippen LogP contribution >= 0.6 is 24.8 Å². The molecule has 0 aliphatic carbocycles. The van der Waals surface area contributed by atoms with Crippen LogP contribution in [0, 0.1) is 0 Å². The normalized spacial score (nSPS) is 16.8. The van der Waals surface area contributed by atoms with Crippen LogP contribution in [0.1, 0.15) is 40.0 Å². The maximum Gasteiger partial charge on any atom is 0.339 e. The van der Waals surface area contributed by atoms with Crippen molar-refractivity contribution in [1.29, 1.82) is 0 Å². The van der Waals surface area contributed by atoms with E-state index in [9.17, 15) is 9.59 Å². The molecule has 0 saturated carbocycles. The quantitative estimate of drug-likeness (QED) is 0.743. The lowest BCUT2D eigenvalue weighted by Crippen LogP contribution is -2.49. The molecular formula is C20H22Cl2N2O4. The number of hydrogen-bond acceptors (Lipinski definition) is 6. The molecule has 0 unspecified atom stereocenters. The first-order valence-corrected chi connectivity index (χ1v) is 8.72. The summed E-state index contributed by atoms with van der Waals surface area (Å²) in [5.41, 5.74) is 2.14. The molecule has 1 aromatic heterocycles. The first kappa shape index (κ1) is 22.1. The minimum atomic E-state index is -0.426. The monoisotopic (exact) mass is 424 g/mol. The van der Waals surface area contributed by atoms with E-state index in [0.29, 0.717) is 29.0 Å². The Kier molecular flexibility index (Phi) is 7.04. The Bertz CT molecular complexity index is 865. The highest BCUT2D eigenvalue weighted by Crippen LogP contribution is 2.39.